The molecule has 0 spiro atoms. The number of rotatable bonds is 5. The van der Waals surface area contributed by atoms with E-state index in [1.165, 1.54) is 12.4 Å². The van der Waals surface area contributed by atoms with Crippen molar-refractivity contribution in [3.8, 4) is 17.5 Å². The maximum absolute atomic E-state index is 12.8. The van der Waals surface area contributed by atoms with E-state index in [1.54, 1.807) is 61.7 Å². The average molecular weight is 373 g/mol. The molecule has 0 aliphatic rings. The molecule has 0 radical (unpaired) electrons. The summed E-state index contributed by atoms with van der Waals surface area (Å²) in [6.45, 7) is 0. The monoisotopic (exact) mass is 373 g/mol. The molecule has 0 amide bonds. The van der Waals surface area contributed by atoms with E-state index in [0.717, 1.165) is 0 Å². The zero-order valence-electron chi connectivity index (χ0n) is 14.9. The van der Waals surface area contributed by atoms with Crippen molar-refractivity contribution in [1.29, 1.82) is 0 Å². The van der Waals surface area contributed by atoms with E-state index in [-0.39, 0.29) is 17.4 Å². The molecule has 28 heavy (non-hydrogen) atoms. The van der Waals surface area contributed by atoms with E-state index in [1.807, 2.05) is 0 Å². The number of hydrogen-bond donors (Lipinski definition) is 1. The van der Waals surface area contributed by atoms with Crippen LogP contribution in [0.25, 0.3) is 10.9 Å². The molecule has 0 fully saturated rings. The molecule has 0 unspecified atom stereocenters. The van der Waals surface area contributed by atoms with E-state index in [0.29, 0.717) is 33.5 Å². The number of hydrogen-bond acceptors (Lipinski definition) is 6. The van der Waals surface area contributed by atoms with Gasteiger partial charge in [-0.15, -0.1) is 0 Å². The first kappa shape index (κ1) is 17.4. The van der Waals surface area contributed by atoms with Crippen molar-refractivity contribution in [2.24, 2.45) is 0 Å². The second kappa shape index (κ2) is 7.32. The van der Waals surface area contributed by atoms with Crippen LogP contribution in [0.15, 0.2) is 71.8 Å². The maximum atomic E-state index is 12.8. The van der Waals surface area contributed by atoms with Crippen molar-refractivity contribution >= 4 is 16.7 Å². The number of ether oxygens (including phenoxy) is 2. The van der Waals surface area contributed by atoms with Gasteiger partial charge in [-0.2, -0.15) is 4.98 Å². The van der Waals surface area contributed by atoms with Crippen LogP contribution in [0.1, 0.15) is 15.9 Å². The highest BCUT2D eigenvalue weighted by Gasteiger charge is 2.12. The van der Waals surface area contributed by atoms with E-state index < -0.39 is 0 Å². The summed E-state index contributed by atoms with van der Waals surface area (Å²) in [4.78, 5) is 35.7. The van der Waals surface area contributed by atoms with Gasteiger partial charge in [0.15, 0.2) is 5.78 Å². The zero-order chi connectivity index (χ0) is 19.5. The number of fused-ring (bicyclic) bond motifs is 1. The summed E-state index contributed by atoms with van der Waals surface area (Å²) in [5.41, 5.74) is 1.03. The van der Waals surface area contributed by atoms with Gasteiger partial charge in [0.1, 0.15) is 11.5 Å². The number of nitrogens with one attached hydrogen (secondary N) is 1. The van der Waals surface area contributed by atoms with Gasteiger partial charge in [0.25, 0.3) is 5.56 Å². The quantitative estimate of drug-likeness (QED) is 0.539. The van der Waals surface area contributed by atoms with Gasteiger partial charge in [-0.05, 0) is 30.3 Å². The number of H-pyrrole nitrogens is 1. The Bertz CT molecular complexity index is 1230. The summed E-state index contributed by atoms with van der Waals surface area (Å²) in [6, 6.07) is 15.2. The number of carbonyl (C=O) groups excluding carboxylic acids is 1. The number of nitrogens with zero attached hydrogens (tertiary/aromatic N) is 2. The summed E-state index contributed by atoms with van der Waals surface area (Å²) >= 11 is 0. The number of carbonyl (C=O) groups is 1. The number of aromatic amines is 1. The molecule has 4 aromatic rings. The molecular weight excluding hydrogens is 358 g/mol. The minimum Gasteiger partial charge on any atom is -0.497 e. The fourth-order valence-corrected chi connectivity index (χ4v) is 2.76. The molecule has 7 heteroatoms. The fourth-order valence-electron chi connectivity index (χ4n) is 2.76. The van der Waals surface area contributed by atoms with E-state index in [4.69, 9.17) is 9.47 Å². The lowest BCUT2D eigenvalue weighted by molar-refractivity contribution is 0.103. The van der Waals surface area contributed by atoms with Gasteiger partial charge in [0, 0.05) is 17.3 Å². The standard InChI is InChI=1S/C21H15N3O4/c1-27-15-6-2-4-13(10-15)19(25)14-5-3-7-16(11-14)28-21-23-18-12-22-9-8-17(18)20(26)24-21/h2-12H,1H3,(H,23,24,26). The second-order valence-corrected chi connectivity index (χ2v) is 5.95. The minimum atomic E-state index is -0.328. The highest BCUT2D eigenvalue weighted by atomic mass is 16.5. The van der Waals surface area contributed by atoms with Gasteiger partial charge in [-0.3, -0.25) is 19.6 Å². The molecule has 2 aromatic carbocycles. The number of aromatic nitrogens is 3. The molecule has 0 saturated carbocycles. The Hall–Kier alpha value is -4.00. The van der Waals surface area contributed by atoms with Crippen LogP contribution < -0.4 is 15.0 Å². The number of methoxy groups -OCH3 is 1. The zero-order valence-corrected chi connectivity index (χ0v) is 14.9. The summed E-state index contributed by atoms with van der Waals surface area (Å²) in [5, 5.41) is 0.421. The summed E-state index contributed by atoms with van der Waals surface area (Å²) < 4.78 is 10.8. The van der Waals surface area contributed by atoms with E-state index >= 15 is 0 Å². The molecule has 0 atom stereocenters. The number of ketones is 1. The van der Waals surface area contributed by atoms with Crippen LogP contribution in [0.4, 0.5) is 0 Å². The Balaban J connectivity index is 1.64. The van der Waals surface area contributed by atoms with Crippen LogP contribution in [0.5, 0.6) is 17.5 Å². The van der Waals surface area contributed by atoms with Gasteiger partial charge < -0.3 is 9.47 Å². The summed E-state index contributed by atoms with van der Waals surface area (Å²) in [5.74, 6) is 0.804. The third-order valence-electron chi connectivity index (χ3n) is 4.13. The van der Waals surface area contributed by atoms with Crippen LogP contribution in [0, 0.1) is 0 Å². The molecule has 0 bridgehead atoms. The van der Waals surface area contributed by atoms with Gasteiger partial charge in [-0.25, -0.2) is 0 Å². The van der Waals surface area contributed by atoms with E-state index in [9.17, 15) is 9.59 Å². The third-order valence-corrected chi connectivity index (χ3v) is 4.13. The van der Waals surface area contributed by atoms with Gasteiger partial charge in [0.2, 0.25) is 0 Å². The Labute approximate surface area is 159 Å². The molecule has 1 N–H and O–H groups in total. The van der Waals surface area contributed by atoms with Crippen LogP contribution in [-0.4, -0.2) is 27.8 Å². The normalized spacial score (nSPS) is 10.6. The van der Waals surface area contributed by atoms with Crippen molar-refractivity contribution in [3.05, 3.63) is 88.5 Å². The first-order chi connectivity index (χ1) is 13.6. The second-order valence-electron chi connectivity index (χ2n) is 5.95. The van der Waals surface area contributed by atoms with Crippen LogP contribution >= 0.6 is 0 Å². The van der Waals surface area contributed by atoms with Gasteiger partial charge in [-0.1, -0.05) is 24.3 Å². The predicted molar refractivity (Wildman–Crippen MR) is 103 cm³/mol. The molecule has 2 aromatic heterocycles. The van der Waals surface area contributed by atoms with E-state index in [2.05, 4.69) is 15.0 Å². The number of benzene rings is 2. The lowest BCUT2D eigenvalue weighted by Crippen LogP contribution is -2.09. The van der Waals surface area contributed by atoms with Crippen LogP contribution in [0.2, 0.25) is 0 Å². The molecule has 0 aliphatic heterocycles. The first-order valence-electron chi connectivity index (χ1n) is 8.45. The molecule has 7 nitrogen and oxygen atoms in total. The highest BCUT2D eigenvalue weighted by molar-refractivity contribution is 6.09. The summed E-state index contributed by atoms with van der Waals surface area (Å²) in [6.07, 6.45) is 3.01. The largest absolute Gasteiger partial charge is 0.497 e. The Morgan fingerprint density at radius 2 is 1.71 bits per heavy atom. The molecule has 138 valence electrons. The van der Waals surface area contributed by atoms with Crippen molar-refractivity contribution in [2.75, 3.05) is 7.11 Å². The van der Waals surface area contributed by atoms with Gasteiger partial charge in [0.05, 0.1) is 24.2 Å². The highest BCUT2D eigenvalue weighted by Crippen LogP contribution is 2.22. The molecule has 2 heterocycles. The molecule has 0 aliphatic carbocycles. The van der Waals surface area contributed by atoms with Crippen molar-refractivity contribution < 1.29 is 14.3 Å². The predicted octanol–water partition coefficient (Wildman–Crippen LogP) is 3.35. The van der Waals surface area contributed by atoms with Crippen molar-refractivity contribution in [1.82, 2.24) is 15.0 Å². The topological polar surface area (TPSA) is 94.2 Å². The van der Waals surface area contributed by atoms with Crippen LogP contribution in [-0.2, 0) is 0 Å². The van der Waals surface area contributed by atoms with Crippen LogP contribution in [0.3, 0.4) is 0 Å². The van der Waals surface area contributed by atoms with Crippen molar-refractivity contribution in [2.45, 2.75) is 0 Å². The molecule has 0 saturated heterocycles. The van der Waals surface area contributed by atoms with Crippen molar-refractivity contribution in [3.63, 3.8) is 0 Å². The maximum Gasteiger partial charge on any atom is 0.302 e. The SMILES string of the molecule is COc1cccc(C(=O)c2cccc(Oc3nc4cnccc4c(=O)[nH]3)c2)c1. The number of pyridine rings is 1. The summed E-state index contributed by atoms with van der Waals surface area (Å²) in [7, 11) is 1.55. The first-order valence-corrected chi connectivity index (χ1v) is 8.45. The minimum absolute atomic E-state index is 0.0245. The molecule has 4 rings (SSSR count). The Kier molecular flexibility index (Phi) is 4.55. The lowest BCUT2D eigenvalue weighted by atomic mass is 10.0. The average Bonchev–Trinajstić information content (AvgIpc) is 2.73. The molecular formula is C21H15N3O4. The fraction of sp³-hybridized carbons (Fsp3) is 0.0476. The van der Waals surface area contributed by atoms with Gasteiger partial charge >= 0.3 is 6.01 Å². The third kappa shape index (κ3) is 3.45. The lowest BCUT2D eigenvalue weighted by Gasteiger charge is -2.08. The Morgan fingerprint density at radius 3 is 2.46 bits per heavy atom. The Morgan fingerprint density at radius 1 is 1.00 bits per heavy atom. The smallest absolute Gasteiger partial charge is 0.302 e.